The van der Waals surface area contributed by atoms with Crippen LogP contribution in [-0.2, 0) is 0 Å². The van der Waals surface area contributed by atoms with Crippen LogP contribution in [-0.4, -0.2) is 16.7 Å². The Hall–Kier alpha value is -0.730. The van der Waals surface area contributed by atoms with Gasteiger partial charge in [-0.1, -0.05) is 17.8 Å². The summed E-state index contributed by atoms with van der Waals surface area (Å²) in [7, 11) is 2.90. The molecule has 0 saturated heterocycles. The van der Waals surface area contributed by atoms with Crippen LogP contribution in [0.5, 0.6) is 0 Å². The molecule has 0 radical (unpaired) electrons. The summed E-state index contributed by atoms with van der Waals surface area (Å²) in [6.07, 6.45) is 3.71. The van der Waals surface area contributed by atoms with Gasteiger partial charge in [0.1, 0.15) is 5.82 Å². The Kier molecular flexibility index (Phi) is 3.01. The van der Waals surface area contributed by atoms with E-state index in [-0.39, 0.29) is 5.82 Å². The summed E-state index contributed by atoms with van der Waals surface area (Å²) in [5.74, 6) is -0.197. The normalized spacial score (nSPS) is 24.4. The van der Waals surface area contributed by atoms with Gasteiger partial charge >= 0.3 is 0 Å². The fraction of sp³-hybridized carbons (Fsp3) is 0.417. The molecule has 1 heterocycles. The van der Waals surface area contributed by atoms with E-state index in [1.165, 1.54) is 36.7 Å². The Morgan fingerprint density at radius 2 is 2.29 bits per heavy atom. The second-order valence-electron chi connectivity index (χ2n) is 4.48. The maximum absolute atomic E-state index is 13.1. The number of thiazole rings is 1. The number of aromatic nitrogens is 1. The standard InChI is InChI=1S/C12H14FN2PS/c13-7-4-5-9-11(6-7)17-12(15-9)14-8-2-1-3-10(8)16/h4-6,8,10H,1-3,16H2,(H,14,15)/t8-,10-/m0/s1. The van der Waals surface area contributed by atoms with Crippen molar-refractivity contribution in [2.45, 2.75) is 31.0 Å². The second kappa shape index (κ2) is 4.51. The monoisotopic (exact) mass is 268 g/mol. The summed E-state index contributed by atoms with van der Waals surface area (Å²) < 4.78 is 14.0. The first-order valence-corrected chi connectivity index (χ1v) is 7.29. The van der Waals surface area contributed by atoms with Gasteiger partial charge in [-0.15, -0.1) is 9.24 Å². The summed E-state index contributed by atoms with van der Waals surface area (Å²) in [5, 5.41) is 4.37. The second-order valence-corrected chi connectivity index (χ2v) is 6.36. The molecule has 1 aliphatic carbocycles. The minimum absolute atomic E-state index is 0.197. The van der Waals surface area contributed by atoms with E-state index >= 15 is 0 Å². The smallest absolute Gasteiger partial charge is 0.184 e. The van der Waals surface area contributed by atoms with Gasteiger partial charge < -0.3 is 5.32 Å². The van der Waals surface area contributed by atoms with E-state index in [2.05, 4.69) is 19.5 Å². The number of nitrogens with one attached hydrogen (secondary N) is 1. The minimum Gasteiger partial charge on any atom is -0.358 e. The highest BCUT2D eigenvalue weighted by Crippen LogP contribution is 2.32. The SMILES string of the molecule is Fc1ccc2nc(N[C@H]3CCC[C@@H]3P)sc2c1. The number of anilines is 1. The molecule has 3 atom stereocenters. The van der Waals surface area contributed by atoms with E-state index < -0.39 is 0 Å². The van der Waals surface area contributed by atoms with Gasteiger partial charge in [0.05, 0.1) is 10.2 Å². The summed E-state index contributed by atoms with van der Waals surface area (Å²) in [6.45, 7) is 0. The van der Waals surface area contributed by atoms with Crippen LogP contribution in [0.2, 0.25) is 0 Å². The lowest BCUT2D eigenvalue weighted by molar-refractivity contribution is 0.630. The average molecular weight is 268 g/mol. The Balaban J connectivity index is 1.85. The van der Waals surface area contributed by atoms with Crippen molar-refractivity contribution in [1.82, 2.24) is 4.98 Å². The molecule has 1 aliphatic rings. The number of hydrogen-bond donors (Lipinski definition) is 1. The third-order valence-electron chi connectivity index (χ3n) is 3.23. The summed E-state index contributed by atoms with van der Waals surface area (Å²) >= 11 is 1.53. The molecule has 2 aromatic rings. The molecule has 1 aromatic carbocycles. The van der Waals surface area contributed by atoms with Crippen LogP contribution in [0, 0.1) is 5.82 Å². The maximum atomic E-state index is 13.1. The lowest BCUT2D eigenvalue weighted by atomic mass is 10.2. The molecule has 1 aromatic heterocycles. The molecule has 5 heteroatoms. The van der Waals surface area contributed by atoms with Gasteiger partial charge in [-0.05, 0) is 36.7 Å². The van der Waals surface area contributed by atoms with Crippen molar-refractivity contribution in [1.29, 1.82) is 0 Å². The van der Waals surface area contributed by atoms with Gasteiger partial charge in [-0.3, -0.25) is 0 Å². The third-order valence-corrected chi connectivity index (χ3v) is 4.98. The first-order valence-electron chi connectivity index (χ1n) is 5.80. The molecule has 1 unspecified atom stereocenters. The highest BCUT2D eigenvalue weighted by atomic mass is 32.1. The Bertz CT molecular complexity index is 542. The molecule has 17 heavy (non-hydrogen) atoms. The first kappa shape index (κ1) is 11.4. The van der Waals surface area contributed by atoms with Crippen LogP contribution in [0.4, 0.5) is 9.52 Å². The molecule has 1 N–H and O–H groups in total. The Morgan fingerprint density at radius 3 is 3.06 bits per heavy atom. The molecular weight excluding hydrogens is 254 g/mol. The maximum Gasteiger partial charge on any atom is 0.184 e. The molecule has 0 amide bonds. The molecule has 0 bridgehead atoms. The zero-order valence-corrected chi connectivity index (χ0v) is 11.3. The molecule has 0 spiro atoms. The van der Waals surface area contributed by atoms with Crippen LogP contribution in [0.25, 0.3) is 10.2 Å². The topological polar surface area (TPSA) is 24.9 Å². The van der Waals surface area contributed by atoms with Gasteiger partial charge in [0.25, 0.3) is 0 Å². The van der Waals surface area contributed by atoms with Crippen molar-refractivity contribution in [3.63, 3.8) is 0 Å². The molecule has 1 fully saturated rings. The molecule has 1 saturated carbocycles. The van der Waals surface area contributed by atoms with Crippen molar-refractivity contribution >= 4 is 35.9 Å². The van der Waals surface area contributed by atoms with Crippen molar-refractivity contribution in [2.24, 2.45) is 0 Å². The highest BCUT2D eigenvalue weighted by Gasteiger charge is 2.24. The van der Waals surface area contributed by atoms with Crippen molar-refractivity contribution in [2.75, 3.05) is 5.32 Å². The quantitative estimate of drug-likeness (QED) is 0.841. The lowest BCUT2D eigenvalue weighted by Gasteiger charge is -2.15. The van der Waals surface area contributed by atoms with E-state index in [1.807, 2.05) is 0 Å². The van der Waals surface area contributed by atoms with Crippen LogP contribution in [0.1, 0.15) is 19.3 Å². The molecule has 3 rings (SSSR count). The van der Waals surface area contributed by atoms with E-state index in [9.17, 15) is 4.39 Å². The summed E-state index contributed by atoms with van der Waals surface area (Å²) in [4.78, 5) is 4.48. The van der Waals surface area contributed by atoms with E-state index in [1.54, 1.807) is 12.1 Å². The van der Waals surface area contributed by atoms with E-state index in [4.69, 9.17) is 0 Å². The molecule has 90 valence electrons. The van der Waals surface area contributed by atoms with Crippen molar-refractivity contribution < 1.29 is 4.39 Å². The molecule has 2 nitrogen and oxygen atoms in total. The number of benzene rings is 1. The minimum atomic E-state index is -0.197. The fourth-order valence-electron chi connectivity index (χ4n) is 2.29. The van der Waals surface area contributed by atoms with Gasteiger partial charge in [0, 0.05) is 6.04 Å². The van der Waals surface area contributed by atoms with Gasteiger partial charge in [0.15, 0.2) is 5.13 Å². The molecule has 0 aliphatic heterocycles. The van der Waals surface area contributed by atoms with Crippen molar-refractivity contribution in [3.05, 3.63) is 24.0 Å². The van der Waals surface area contributed by atoms with E-state index in [0.717, 1.165) is 15.3 Å². The van der Waals surface area contributed by atoms with Gasteiger partial charge in [-0.2, -0.15) is 0 Å². The summed E-state index contributed by atoms with van der Waals surface area (Å²) in [5.41, 5.74) is 1.50. The van der Waals surface area contributed by atoms with Crippen LogP contribution in [0.3, 0.4) is 0 Å². The zero-order valence-electron chi connectivity index (χ0n) is 9.32. The summed E-state index contributed by atoms with van der Waals surface area (Å²) in [6, 6.07) is 5.23. The first-order chi connectivity index (χ1) is 8.22. The molecular formula is C12H14FN2PS. The van der Waals surface area contributed by atoms with Gasteiger partial charge in [0.2, 0.25) is 0 Å². The predicted octanol–water partition coefficient (Wildman–Crippen LogP) is 3.64. The number of rotatable bonds is 2. The van der Waals surface area contributed by atoms with Gasteiger partial charge in [-0.25, -0.2) is 9.37 Å². The number of halogens is 1. The predicted molar refractivity (Wildman–Crippen MR) is 74.3 cm³/mol. The average Bonchev–Trinajstić information content (AvgIpc) is 2.85. The van der Waals surface area contributed by atoms with Crippen LogP contribution in [0.15, 0.2) is 18.2 Å². The highest BCUT2D eigenvalue weighted by molar-refractivity contribution is 7.22. The number of nitrogens with zero attached hydrogens (tertiary/aromatic N) is 1. The zero-order chi connectivity index (χ0) is 11.8. The largest absolute Gasteiger partial charge is 0.358 e. The Labute approximate surface area is 106 Å². The Morgan fingerprint density at radius 1 is 1.41 bits per heavy atom. The number of fused-ring (bicyclic) bond motifs is 1. The lowest BCUT2D eigenvalue weighted by Crippen LogP contribution is -2.23. The van der Waals surface area contributed by atoms with Crippen molar-refractivity contribution in [3.8, 4) is 0 Å². The fourth-order valence-corrected chi connectivity index (χ4v) is 3.76. The van der Waals surface area contributed by atoms with Crippen LogP contribution < -0.4 is 5.32 Å². The third kappa shape index (κ3) is 2.29. The van der Waals surface area contributed by atoms with Crippen LogP contribution >= 0.6 is 20.6 Å². The number of hydrogen-bond acceptors (Lipinski definition) is 3. The van der Waals surface area contributed by atoms with E-state index in [0.29, 0.717) is 11.7 Å².